The molecule has 0 bridgehead atoms. The first-order valence-electron chi connectivity index (χ1n) is 13.4. The quantitative estimate of drug-likeness (QED) is 0.328. The maximum atomic E-state index is 13.3. The summed E-state index contributed by atoms with van der Waals surface area (Å²) in [5.74, 6) is 0.391. The van der Waals surface area contributed by atoms with Gasteiger partial charge in [-0.1, -0.05) is 19.6 Å². The van der Waals surface area contributed by atoms with E-state index in [0.717, 1.165) is 55.1 Å². The van der Waals surface area contributed by atoms with Crippen LogP contribution in [-0.2, 0) is 21.5 Å². The highest BCUT2D eigenvalue weighted by molar-refractivity contribution is 7.88. The van der Waals surface area contributed by atoms with Gasteiger partial charge >= 0.3 is 0 Å². The van der Waals surface area contributed by atoms with Gasteiger partial charge in [-0.05, 0) is 50.6 Å². The van der Waals surface area contributed by atoms with Gasteiger partial charge in [0.15, 0.2) is 0 Å². The predicted octanol–water partition coefficient (Wildman–Crippen LogP) is 4.04. The highest BCUT2D eigenvalue weighted by atomic mass is 32.2. The number of hydrogen-bond acceptors (Lipinski definition) is 6. The number of nitrogens with zero attached hydrogens (tertiary/aromatic N) is 5. The van der Waals surface area contributed by atoms with Crippen LogP contribution in [0.15, 0.2) is 18.5 Å². The molecule has 1 amide bonds. The van der Waals surface area contributed by atoms with E-state index in [1.807, 2.05) is 22.6 Å². The third-order valence-electron chi connectivity index (χ3n) is 7.84. The molecule has 2 aliphatic rings. The number of aromatic nitrogens is 2. The van der Waals surface area contributed by atoms with Gasteiger partial charge in [-0.25, -0.2) is 17.7 Å². The summed E-state index contributed by atoms with van der Waals surface area (Å²) in [6, 6.07) is 3.48. The molecule has 2 aromatic heterocycles. The zero-order valence-corrected chi connectivity index (χ0v) is 25.1. The van der Waals surface area contributed by atoms with E-state index in [9.17, 15) is 13.2 Å². The molecule has 9 nitrogen and oxygen atoms in total. The third-order valence-corrected chi connectivity index (χ3v) is 10.8. The average molecular weight is 550 g/mol. The van der Waals surface area contributed by atoms with Gasteiger partial charge in [-0.15, -0.1) is 0 Å². The number of hydrogen-bond donors (Lipinski definition) is 0. The lowest BCUT2D eigenvalue weighted by Gasteiger charge is -2.44. The van der Waals surface area contributed by atoms with Crippen LogP contribution in [0.5, 0.6) is 0 Å². The summed E-state index contributed by atoms with van der Waals surface area (Å²) in [5.41, 5.74) is 2.49. The second-order valence-electron chi connectivity index (χ2n) is 11.9. The summed E-state index contributed by atoms with van der Waals surface area (Å²) >= 11 is 0. The van der Waals surface area contributed by atoms with Gasteiger partial charge in [0.05, 0.1) is 24.2 Å². The molecule has 11 heteroatoms. The molecule has 1 aliphatic carbocycles. The van der Waals surface area contributed by atoms with Crippen LogP contribution in [0.25, 0.3) is 11.0 Å². The summed E-state index contributed by atoms with van der Waals surface area (Å²) in [6.07, 6.45) is 8.89. The van der Waals surface area contributed by atoms with Crippen molar-refractivity contribution in [1.29, 1.82) is 0 Å². The van der Waals surface area contributed by atoms with Gasteiger partial charge in [-0.2, -0.15) is 0 Å². The maximum absolute atomic E-state index is 13.3. The summed E-state index contributed by atoms with van der Waals surface area (Å²) < 4.78 is 33.2. The summed E-state index contributed by atoms with van der Waals surface area (Å²) in [7, 11) is -2.66. The molecule has 0 saturated heterocycles. The van der Waals surface area contributed by atoms with Crippen molar-refractivity contribution in [3.05, 3.63) is 24.0 Å². The Morgan fingerprint density at radius 2 is 1.89 bits per heavy atom. The van der Waals surface area contributed by atoms with Crippen LogP contribution in [0.3, 0.4) is 0 Å². The van der Waals surface area contributed by atoms with Crippen molar-refractivity contribution in [2.45, 2.75) is 71.1 Å². The molecular formula is C26H43N5O4SSi. The molecule has 37 heavy (non-hydrogen) atoms. The van der Waals surface area contributed by atoms with Crippen molar-refractivity contribution in [3.63, 3.8) is 0 Å². The Kier molecular flexibility index (Phi) is 8.37. The van der Waals surface area contributed by atoms with E-state index < -0.39 is 18.1 Å². The highest BCUT2D eigenvalue weighted by Crippen LogP contribution is 2.39. The van der Waals surface area contributed by atoms with Gasteiger partial charge in [0, 0.05) is 58.6 Å². The fourth-order valence-electron chi connectivity index (χ4n) is 5.41. The number of sulfonamides is 1. The molecule has 1 fully saturated rings. The van der Waals surface area contributed by atoms with E-state index in [1.165, 1.54) is 10.6 Å². The average Bonchev–Trinajstić information content (AvgIpc) is 3.25. The van der Waals surface area contributed by atoms with Gasteiger partial charge in [0.2, 0.25) is 10.0 Å². The Balaban J connectivity index is 1.55. The molecular weight excluding hydrogens is 506 g/mol. The Morgan fingerprint density at radius 3 is 2.51 bits per heavy atom. The molecule has 3 heterocycles. The predicted molar refractivity (Wildman–Crippen MR) is 151 cm³/mol. The fourth-order valence-corrected chi connectivity index (χ4v) is 6.64. The van der Waals surface area contributed by atoms with Crippen molar-refractivity contribution in [2.24, 2.45) is 5.92 Å². The number of anilines is 1. The molecule has 2 aromatic rings. The van der Waals surface area contributed by atoms with E-state index in [0.29, 0.717) is 44.0 Å². The number of ether oxygens (including phenoxy) is 1. The topological polar surface area (TPSA) is 88.0 Å². The van der Waals surface area contributed by atoms with Crippen molar-refractivity contribution in [3.8, 4) is 0 Å². The molecule has 0 aromatic carbocycles. The number of carbonyl (C=O) groups excluding carboxylic acids is 1. The number of fused-ring (bicyclic) bond motifs is 3. The largest absolute Gasteiger partial charge is 0.361 e. The van der Waals surface area contributed by atoms with E-state index in [2.05, 4.69) is 30.6 Å². The molecule has 0 unspecified atom stereocenters. The Labute approximate surface area is 222 Å². The Morgan fingerprint density at radius 1 is 1.19 bits per heavy atom. The molecule has 4 rings (SSSR count). The zero-order chi connectivity index (χ0) is 27.0. The minimum absolute atomic E-state index is 0.0331. The third kappa shape index (κ3) is 6.38. The van der Waals surface area contributed by atoms with E-state index in [-0.39, 0.29) is 5.91 Å². The molecule has 0 atom stereocenters. The van der Waals surface area contributed by atoms with Crippen LogP contribution in [-0.4, -0.2) is 86.9 Å². The van der Waals surface area contributed by atoms with Crippen LogP contribution in [0.1, 0.15) is 43.0 Å². The fraction of sp³-hybridized carbons (Fsp3) is 0.692. The van der Waals surface area contributed by atoms with Crippen LogP contribution >= 0.6 is 0 Å². The first kappa shape index (κ1) is 28.1. The molecule has 1 aliphatic heterocycles. The van der Waals surface area contributed by atoms with Gasteiger partial charge in [-0.3, -0.25) is 4.79 Å². The van der Waals surface area contributed by atoms with E-state index in [4.69, 9.17) is 9.72 Å². The van der Waals surface area contributed by atoms with Crippen molar-refractivity contribution < 1.29 is 17.9 Å². The normalized spacial score (nSPS) is 21.2. The summed E-state index contributed by atoms with van der Waals surface area (Å²) in [6.45, 7) is 12.0. The highest BCUT2D eigenvalue weighted by Gasteiger charge is 2.36. The number of carbonyl (C=O) groups is 1. The van der Waals surface area contributed by atoms with Crippen LogP contribution < -0.4 is 4.90 Å². The van der Waals surface area contributed by atoms with Crippen molar-refractivity contribution in [1.82, 2.24) is 18.8 Å². The summed E-state index contributed by atoms with van der Waals surface area (Å²) in [5, 5.41) is 0.995. The first-order valence-corrected chi connectivity index (χ1v) is 19.0. The van der Waals surface area contributed by atoms with Gasteiger partial charge in [0.25, 0.3) is 5.91 Å². The van der Waals surface area contributed by atoms with Gasteiger partial charge < -0.3 is 19.1 Å². The van der Waals surface area contributed by atoms with Crippen LogP contribution in [0.2, 0.25) is 25.7 Å². The second-order valence-corrected chi connectivity index (χ2v) is 19.6. The van der Waals surface area contributed by atoms with Gasteiger partial charge in [0.1, 0.15) is 12.4 Å². The molecule has 0 N–H and O–H groups in total. The standard InChI is InChI=1S/C26H43N5O4SSi/c1-7-29-18-31(21-10-8-20(9-11-21)17-28(2)36(3,33)34)24-22-12-13-30(19-35-14-15-37(4,5)6)25(22)27-16-23(24)26(29)32/h12-13,16,20-21H,7-11,14-15,17-19H2,1-6H3. The monoisotopic (exact) mass is 549 g/mol. The second kappa shape index (κ2) is 11.0. The Bertz CT molecular complexity index is 1220. The minimum atomic E-state index is -3.17. The SMILES string of the molecule is CCN1CN(C2CCC(CN(C)S(C)(=O)=O)CC2)c2c(cnc3c2ccn3COCC[Si](C)(C)C)C1=O. The van der Waals surface area contributed by atoms with Crippen LogP contribution in [0, 0.1) is 5.92 Å². The lowest BCUT2D eigenvalue weighted by Crippen LogP contribution is -2.52. The van der Waals surface area contributed by atoms with Crippen molar-refractivity contribution in [2.75, 3.05) is 44.6 Å². The lowest BCUT2D eigenvalue weighted by atomic mass is 9.84. The van der Waals surface area contributed by atoms with Crippen molar-refractivity contribution >= 4 is 40.7 Å². The van der Waals surface area contributed by atoms with Crippen LogP contribution in [0.4, 0.5) is 5.69 Å². The number of rotatable bonds is 10. The minimum Gasteiger partial charge on any atom is -0.361 e. The summed E-state index contributed by atoms with van der Waals surface area (Å²) in [4.78, 5) is 22.3. The number of pyridine rings is 1. The maximum Gasteiger partial charge on any atom is 0.258 e. The Hall–Kier alpha value is -1.95. The lowest BCUT2D eigenvalue weighted by molar-refractivity contribution is 0.0741. The molecule has 0 spiro atoms. The number of amides is 1. The smallest absolute Gasteiger partial charge is 0.258 e. The van der Waals surface area contributed by atoms with E-state index >= 15 is 0 Å². The zero-order valence-electron chi connectivity index (χ0n) is 23.2. The molecule has 1 saturated carbocycles. The van der Waals surface area contributed by atoms with E-state index in [1.54, 1.807) is 13.2 Å². The molecule has 0 radical (unpaired) electrons. The molecule has 206 valence electrons. The first-order chi connectivity index (χ1) is 17.4.